The van der Waals surface area contributed by atoms with E-state index < -0.39 is 11.9 Å². The summed E-state index contributed by atoms with van der Waals surface area (Å²) in [5.41, 5.74) is -0.179. The van der Waals surface area contributed by atoms with Crippen molar-refractivity contribution in [3.05, 3.63) is 47.5 Å². The Kier molecular flexibility index (Phi) is 2.57. The second-order valence-electron chi connectivity index (χ2n) is 4.08. The monoisotopic (exact) mass is 272 g/mol. The van der Waals surface area contributed by atoms with Crippen LogP contribution in [0, 0.1) is 0 Å². The molecular weight excluding hydrogens is 264 g/mol. The molecule has 0 saturated carbocycles. The highest BCUT2D eigenvalue weighted by Gasteiger charge is 2.27. The first kappa shape index (κ1) is 12.0. The Hall–Kier alpha value is -3.02. The number of para-hydroxylation sites is 2. The van der Waals surface area contributed by atoms with E-state index in [1.807, 2.05) is 0 Å². The van der Waals surface area contributed by atoms with E-state index in [9.17, 15) is 9.59 Å². The minimum Gasteiger partial charge on any atom is -0.478 e. The van der Waals surface area contributed by atoms with Crippen LogP contribution in [0.25, 0.3) is 0 Å². The fraction of sp³-hybridized carbons (Fsp3) is 0. The van der Waals surface area contributed by atoms with Crippen LogP contribution in [0.3, 0.4) is 0 Å². The summed E-state index contributed by atoms with van der Waals surface area (Å²) in [6, 6.07) is 8.88. The third-order valence-electron chi connectivity index (χ3n) is 2.84. The fourth-order valence-electron chi connectivity index (χ4n) is 1.96. The molecule has 0 atom stereocenters. The number of carboxylic acids is 2. The molecule has 2 aromatic carbocycles. The van der Waals surface area contributed by atoms with Crippen molar-refractivity contribution in [2.75, 3.05) is 0 Å². The molecule has 2 N–H and O–H groups in total. The van der Waals surface area contributed by atoms with Gasteiger partial charge in [-0.2, -0.15) is 0 Å². The average Bonchev–Trinajstić information content (AvgIpc) is 2.43. The van der Waals surface area contributed by atoms with Gasteiger partial charge in [-0.1, -0.05) is 12.1 Å². The van der Waals surface area contributed by atoms with Crippen molar-refractivity contribution in [1.29, 1.82) is 0 Å². The number of ether oxygens (including phenoxy) is 2. The zero-order valence-electron chi connectivity index (χ0n) is 9.99. The Morgan fingerprint density at radius 3 is 1.60 bits per heavy atom. The minimum atomic E-state index is -1.18. The topological polar surface area (TPSA) is 93.1 Å². The largest absolute Gasteiger partial charge is 0.478 e. The fourth-order valence-corrected chi connectivity index (χ4v) is 1.96. The van der Waals surface area contributed by atoms with Crippen molar-refractivity contribution < 1.29 is 29.3 Å². The lowest BCUT2D eigenvalue weighted by atomic mass is 10.1. The van der Waals surface area contributed by atoms with Crippen LogP contribution in [0.4, 0.5) is 0 Å². The maximum atomic E-state index is 11.2. The number of carbonyl (C=O) groups is 2. The molecule has 0 fully saturated rings. The van der Waals surface area contributed by atoms with E-state index in [1.54, 1.807) is 12.1 Å². The molecule has 20 heavy (non-hydrogen) atoms. The Balaban J connectivity index is 2.18. The molecule has 0 spiro atoms. The molecule has 2 aromatic rings. The van der Waals surface area contributed by atoms with Crippen molar-refractivity contribution in [2.45, 2.75) is 0 Å². The molecule has 1 aliphatic heterocycles. The smallest absolute Gasteiger partial charge is 0.339 e. The highest BCUT2D eigenvalue weighted by Crippen LogP contribution is 2.48. The highest BCUT2D eigenvalue weighted by atomic mass is 16.6. The van der Waals surface area contributed by atoms with Crippen LogP contribution < -0.4 is 9.47 Å². The molecule has 0 bridgehead atoms. The van der Waals surface area contributed by atoms with Gasteiger partial charge in [-0.3, -0.25) is 0 Å². The van der Waals surface area contributed by atoms with Crippen molar-refractivity contribution >= 4 is 11.9 Å². The van der Waals surface area contributed by atoms with Gasteiger partial charge >= 0.3 is 11.9 Å². The Morgan fingerprint density at radius 2 is 1.20 bits per heavy atom. The van der Waals surface area contributed by atoms with Gasteiger partial charge in [-0.05, 0) is 24.3 Å². The van der Waals surface area contributed by atoms with Gasteiger partial charge in [-0.25, -0.2) is 9.59 Å². The van der Waals surface area contributed by atoms with Gasteiger partial charge in [0.1, 0.15) is 11.1 Å². The number of hydrogen-bond acceptors (Lipinski definition) is 4. The summed E-state index contributed by atoms with van der Waals surface area (Å²) < 4.78 is 11.0. The normalized spacial score (nSPS) is 11.6. The van der Waals surface area contributed by atoms with Crippen molar-refractivity contribution in [1.82, 2.24) is 0 Å². The van der Waals surface area contributed by atoms with Crippen LogP contribution in [0.1, 0.15) is 20.7 Å². The van der Waals surface area contributed by atoms with E-state index >= 15 is 0 Å². The number of hydrogen-bond donors (Lipinski definition) is 2. The van der Waals surface area contributed by atoms with Gasteiger partial charge in [0.2, 0.25) is 0 Å². The molecule has 0 aliphatic carbocycles. The standard InChI is InChI=1S/C14H8O6/c15-13(16)7-3-1-5-9-11(7)20-12-8(14(17)18)4-2-6-10(12)19-9/h1-6H,(H,15,16)(H,17,18). The van der Waals surface area contributed by atoms with Crippen molar-refractivity contribution in [3.63, 3.8) is 0 Å². The third-order valence-corrected chi connectivity index (χ3v) is 2.84. The molecule has 0 amide bonds. The van der Waals surface area contributed by atoms with Gasteiger partial charge in [0.05, 0.1) is 0 Å². The molecule has 0 radical (unpaired) electrons. The second kappa shape index (κ2) is 4.27. The number of rotatable bonds is 2. The van der Waals surface area contributed by atoms with Crippen LogP contribution >= 0.6 is 0 Å². The SMILES string of the molecule is O=C(O)c1cccc2c1Oc1c(cccc1C(=O)O)O2. The molecule has 6 heteroatoms. The molecule has 0 unspecified atom stereocenters. The first-order chi connectivity index (χ1) is 9.58. The Morgan fingerprint density at radius 1 is 0.750 bits per heavy atom. The molecule has 1 aliphatic rings. The summed E-state index contributed by atoms with van der Waals surface area (Å²) in [5.74, 6) is -1.88. The van der Waals surface area contributed by atoms with Crippen LogP contribution in [0.5, 0.6) is 23.0 Å². The maximum absolute atomic E-state index is 11.2. The summed E-state index contributed by atoms with van der Waals surface area (Å²) in [6.07, 6.45) is 0. The lowest BCUT2D eigenvalue weighted by molar-refractivity contribution is 0.0687. The quantitative estimate of drug-likeness (QED) is 0.744. The van der Waals surface area contributed by atoms with E-state index in [0.717, 1.165) is 0 Å². The predicted octanol–water partition coefficient (Wildman–Crippen LogP) is 2.98. The number of fused-ring (bicyclic) bond motifs is 2. The summed E-state index contributed by atoms with van der Waals surface area (Å²) in [4.78, 5) is 22.3. The molecule has 0 aromatic heterocycles. The van der Waals surface area contributed by atoms with Crippen LogP contribution in [-0.2, 0) is 0 Å². The lowest BCUT2D eigenvalue weighted by Crippen LogP contribution is -2.09. The summed E-state index contributed by atoms with van der Waals surface area (Å²) in [7, 11) is 0. The summed E-state index contributed by atoms with van der Waals surface area (Å²) in [6.45, 7) is 0. The first-order valence-electron chi connectivity index (χ1n) is 5.66. The molecular formula is C14H8O6. The highest BCUT2D eigenvalue weighted by molar-refractivity contribution is 5.95. The molecule has 0 saturated heterocycles. The van der Waals surface area contributed by atoms with Crippen molar-refractivity contribution in [3.8, 4) is 23.0 Å². The van der Waals surface area contributed by atoms with E-state index in [0.29, 0.717) is 0 Å². The van der Waals surface area contributed by atoms with E-state index in [1.165, 1.54) is 24.3 Å². The average molecular weight is 272 g/mol. The number of aromatic carboxylic acids is 2. The van der Waals surface area contributed by atoms with Gasteiger partial charge in [0.15, 0.2) is 23.0 Å². The maximum Gasteiger partial charge on any atom is 0.339 e. The van der Waals surface area contributed by atoms with Gasteiger partial charge in [0.25, 0.3) is 0 Å². The molecule has 6 nitrogen and oxygen atoms in total. The Bertz CT molecular complexity index is 673. The summed E-state index contributed by atoms with van der Waals surface area (Å²) in [5, 5.41) is 18.2. The second-order valence-corrected chi connectivity index (χ2v) is 4.08. The van der Waals surface area contributed by atoms with E-state index in [-0.39, 0.29) is 34.1 Å². The van der Waals surface area contributed by atoms with Crippen LogP contribution in [-0.4, -0.2) is 22.2 Å². The number of carboxylic acid groups (broad SMARTS) is 2. The summed E-state index contributed by atoms with van der Waals surface area (Å²) >= 11 is 0. The lowest BCUT2D eigenvalue weighted by Gasteiger charge is -2.22. The van der Waals surface area contributed by atoms with Gasteiger partial charge in [0, 0.05) is 0 Å². The van der Waals surface area contributed by atoms with E-state index in [4.69, 9.17) is 19.7 Å². The zero-order valence-corrected chi connectivity index (χ0v) is 9.99. The molecule has 1 heterocycles. The number of benzene rings is 2. The van der Waals surface area contributed by atoms with Crippen LogP contribution in [0.15, 0.2) is 36.4 Å². The molecule has 3 rings (SSSR count). The minimum absolute atomic E-state index is 0.00111. The van der Waals surface area contributed by atoms with Gasteiger partial charge < -0.3 is 19.7 Å². The Labute approximate surface area is 112 Å². The third kappa shape index (κ3) is 1.74. The first-order valence-corrected chi connectivity index (χ1v) is 5.66. The van der Waals surface area contributed by atoms with E-state index in [2.05, 4.69) is 0 Å². The van der Waals surface area contributed by atoms with Crippen LogP contribution in [0.2, 0.25) is 0 Å². The zero-order chi connectivity index (χ0) is 14.3. The molecule has 100 valence electrons. The van der Waals surface area contributed by atoms with Gasteiger partial charge in [-0.15, -0.1) is 0 Å². The van der Waals surface area contributed by atoms with Crippen molar-refractivity contribution in [2.24, 2.45) is 0 Å². The predicted molar refractivity (Wildman–Crippen MR) is 67.0 cm³/mol.